The summed E-state index contributed by atoms with van der Waals surface area (Å²) < 4.78 is 0. The lowest BCUT2D eigenvalue weighted by atomic mass is 10.1. The van der Waals surface area contributed by atoms with Gasteiger partial charge in [-0.05, 0) is 52.8 Å². The van der Waals surface area contributed by atoms with E-state index < -0.39 is 0 Å². The molecule has 0 radical (unpaired) electrons. The number of likely N-dealkylation sites (N-methyl/N-ethyl adjacent to an activating group) is 1. The molecule has 1 aromatic rings. The third kappa shape index (κ3) is 7.46. The molecule has 0 aromatic heterocycles. The predicted molar refractivity (Wildman–Crippen MR) is 80.0 cm³/mol. The van der Waals surface area contributed by atoms with Crippen LogP contribution < -0.4 is 5.32 Å². The molecule has 0 fully saturated rings. The molecule has 0 amide bonds. The van der Waals surface area contributed by atoms with Crippen molar-refractivity contribution < 1.29 is 0 Å². The molecule has 0 saturated heterocycles. The van der Waals surface area contributed by atoms with Crippen LogP contribution in [0.5, 0.6) is 0 Å². The van der Waals surface area contributed by atoms with Gasteiger partial charge in [0.2, 0.25) is 0 Å². The van der Waals surface area contributed by atoms with Crippen LogP contribution in [0.3, 0.4) is 0 Å². The average Bonchev–Trinajstić information content (AvgIpc) is 2.28. The Hall–Kier alpha value is -0.860. The van der Waals surface area contributed by atoms with Gasteiger partial charge in [-0.2, -0.15) is 0 Å². The predicted octanol–water partition coefficient (Wildman–Crippen LogP) is 2.94. The van der Waals surface area contributed by atoms with Crippen molar-refractivity contribution in [3.05, 3.63) is 35.9 Å². The molecule has 0 heterocycles. The Morgan fingerprint density at radius 2 is 1.72 bits per heavy atom. The lowest BCUT2D eigenvalue weighted by molar-refractivity contribution is 0.306. The van der Waals surface area contributed by atoms with Crippen LogP contribution >= 0.6 is 0 Å². The van der Waals surface area contributed by atoms with E-state index >= 15 is 0 Å². The van der Waals surface area contributed by atoms with E-state index in [-0.39, 0.29) is 5.54 Å². The molecule has 1 N–H and O–H groups in total. The van der Waals surface area contributed by atoms with E-state index in [9.17, 15) is 0 Å². The van der Waals surface area contributed by atoms with Crippen LogP contribution in [-0.4, -0.2) is 37.1 Å². The van der Waals surface area contributed by atoms with Gasteiger partial charge in [-0.15, -0.1) is 0 Å². The summed E-state index contributed by atoms with van der Waals surface area (Å²) in [5.41, 5.74) is 1.67. The zero-order chi connectivity index (χ0) is 13.4. The Balaban J connectivity index is 2.09. The van der Waals surface area contributed by atoms with Crippen molar-refractivity contribution in [1.29, 1.82) is 0 Å². The minimum Gasteiger partial charge on any atom is -0.311 e. The van der Waals surface area contributed by atoms with Crippen molar-refractivity contribution in [3.8, 4) is 0 Å². The first-order chi connectivity index (χ1) is 8.47. The van der Waals surface area contributed by atoms with Crippen LogP contribution in [0.15, 0.2) is 30.3 Å². The number of benzene rings is 1. The standard InChI is InChI=1S/C16H28N2/c1-16(2,3)17-12-14-18(4)13-8-11-15-9-6-5-7-10-15/h5-7,9-10,17H,8,11-14H2,1-4H3. The lowest BCUT2D eigenvalue weighted by Crippen LogP contribution is -2.40. The highest BCUT2D eigenvalue weighted by molar-refractivity contribution is 5.14. The van der Waals surface area contributed by atoms with Crippen molar-refractivity contribution in [2.24, 2.45) is 0 Å². The smallest absolute Gasteiger partial charge is 0.0104 e. The fraction of sp³-hybridized carbons (Fsp3) is 0.625. The molecule has 1 rings (SSSR count). The fourth-order valence-electron chi connectivity index (χ4n) is 1.93. The Kier molecular flexibility index (Phi) is 6.37. The molecular weight excluding hydrogens is 220 g/mol. The first-order valence-corrected chi connectivity index (χ1v) is 6.95. The molecule has 2 nitrogen and oxygen atoms in total. The number of hydrogen-bond acceptors (Lipinski definition) is 2. The first kappa shape index (κ1) is 15.2. The van der Waals surface area contributed by atoms with Gasteiger partial charge in [0.1, 0.15) is 0 Å². The van der Waals surface area contributed by atoms with Gasteiger partial charge in [0.15, 0.2) is 0 Å². The molecule has 2 heteroatoms. The third-order valence-corrected chi connectivity index (χ3v) is 3.00. The molecule has 0 aliphatic heterocycles. The number of nitrogens with zero attached hydrogens (tertiary/aromatic N) is 1. The van der Waals surface area contributed by atoms with Crippen LogP contribution in [0.25, 0.3) is 0 Å². The zero-order valence-corrected chi connectivity index (χ0v) is 12.4. The second kappa shape index (κ2) is 7.55. The van der Waals surface area contributed by atoms with Gasteiger partial charge < -0.3 is 10.2 Å². The van der Waals surface area contributed by atoms with Gasteiger partial charge in [0, 0.05) is 18.6 Å². The van der Waals surface area contributed by atoms with Crippen molar-refractivity contribution in [3.63, 3.8) is 0 Å². The number of rotatable bonds is 7. The fourth-order valence-corrected chi connectivity index (χ4v) is 1.93. The highest BCUT2D eigenvalue weighted by Gasteiger charge is 2.08. The van der Waals surface area contributed by atoms with E-state index in [1.165, 1.54) is 24.9 Å². The molecule has 0 atom stereocenters. The van der Waals surface area contributed by atoms with E-state index in [0.717, 1.165) is 13.1 Å². The summed E-state index contributed by atoms with van der Waals surface area (Å²) in [6.45, 7) is 9.98. The Bertz CT molecular complexity index is 314. The molecule has 0 saturated carbocycles. The second-order valence-electron chi connectivity index (χ2n) is 6.07. The average molecular weight is 248 g/mol. The van der Waals surface area contributed by atoms with Crippen LogP contribution in [-0.2, 0) is 6.42 Å². The molecule has 0 bridgehead atoms. The molecule has 102 valence electrons. The Morgan fingerprint density at radius 1 is 1.06 bits per heavy atom. The number of nitrogens with one attached hydrogen (secondary N) is 1. The number of hydrogen-bond donors (Lipinski definition) is 1. The van der Waals surface area contributed by atoms with Crippen molar-refractivity contribution in [2.45, 2.75) is 39.2 Å². The van der Waals surface area contributed by atoms with Crippen molar-refractivity contribution >= 4 is 0 Å². The molecule has 0 aliphatic carbocycles. The van der Waals surface area contributed by atoms with Gasteiger partial charge in [-0.25, -0.2) is 0 Å². The lowest BCUT2D eigenvalue weighted by Gasteiger charge is -2.23. The SMILES string of the molecule is CN(CCCc1ccccc1)CCNC(C)(C)C. The topological polar surface area (TPSA) is 15.3 Å². The number of aryl methyl sites for hydroxylation is 1. The maximum absolute atomic E-state index is 3.52. The second-order valence-corrected chi connectivity index (χ2v) is 6.07. The van der Waals surface area contributed by atoms with Crippen molar-refractivity contribution in [1.82, 2.24) is 10.2 Å². The Morgan fingerprint density at radius 3 is 2.33 bits per heavy atom. The summed E-state index contributed by atoms with van der Waals surface area (Å²) in [4.78, 5) is 2.40. The van der Waals surface area contributed by atoms with E-state index in [4.69, 9.17) is 0 Å². The molecule has 0 unspecified atom stereocenters. The van der Waals surface area contributed by atoms with E-state index in [1.807, 2.05) is 0 Å². The van der Waals surface area contributed by atoms with Gasteiger partial charge in [0.25, 0.3) is 0 Å². The quantitative estimate of drug-likeness (QED) is 0.798. The van der Waals surface area contributed by atoms with Gasteiger partial charge in [-0.1, -0.05) is 30.3 Å². The maximum Gasteiger partial charge on any atom is 0.0104 e. The van der Waals surface area contributed by atoms with Crippen molar-refractivity contribution in [2.75, 3.05) is 26.7 Å². The van der Waals surface area contributed by atoms with Crippen LogP contribution in [0.2, 0.25) is 0 Å². The normalized spacial score (nSPS) is 12.1. The maximum atomic E-state index is 3.52. The molecule has 0 aliphatic rings. The van der Waals surface area contributed by atoms with Gasteiger partial charge in [-0.3, -0.25) is 0 Å². The van der Waals surface area contributed by atoms with Crippen LogP contribution in [0.4, 0.5) is 0 Å². The molecule has 18 heavy (non-hydrogen) atoms. The monoisotopic (exact) mass is 248 g/mol. The first-order valence-electron chi connectivity index (χ1n) is 6.95. The van der Waals surface area contributed by atoms with Gasteiger partial charge in [0.05, 0.1) is 0 Å². The molecular formula is C16H28N2. The van der Waals surface area contributed by atoms with E-state index in [2.05, 4.69) is 68.4 Å². The summed E-state index contributed by atoms with van der Waals surface area (Å²) in [5, 5.41) is 3.52. The summed E-state index contributed by atoms with van der Waals surface area (Å²) >= 11 is 0. The minimum absolute atomic E-state index is 0.227. The highest BCUT2D eigenvalue weighted by Crippen LogP contribution is 2.03. The van der Waals surface area contributed by atoms with Crippen LogP contribution in [0, 0.1) is 0 Å². The Labute approximate surface area is 112 Å². The molecule has 1 aromatic carbocycles. The summed E-state index contributed by atoms with van der Waals surface area (Å²) in [6, 6.07) is 10.7. The van der Waals surface area contributed by atoms with Gasteiger partial charge >= 0.3 is 0 Å². The minimum atomic E-state index is 0.227. The van der Waals surface area contributed by atoms with E-state index in [1.54, 1.807) is 0 Å². The summed E-state index contributed by atoms with van der Waals surface area (Å²) in [6.07, 6.45) is 2.41. The zero-order valence-electron chi connectivity index (χ0n) is 12.4. The summed E-state index contributed by atoms with van der Waals surface area (Å²) in [7, 11) is 2.20. The summed E-state index contributed by atoms with van der Waals surface area (Å²) in [5.74, 6) is 0. The largest absolute Gasteiger partial charge is 0.311 e. The third-order valence-electron chi connectivity index (χ3n) is 3.00. The molecule has 0 spiro atoms. The highest BCUT2D eigenvalue weighted by atomic mass is 15.1. The van der Waals surface area contributed by atoms with E-state index in [0.29, 0.717) is 0 Å². The van der Waals surface area contributed by atoms with Crippen LogP contribution in [0.1, 0.15) is 32.8 Å².